The first-order chi connectivity index (χ1) is 30.8. The Balaban J connectivity index is 0.00000529. The summed E-state index contributed by atoms with van der Waals surface area (Å²) >= 11 is 0. The normalized spacial score (nSPS) is 24.2. The topological polar surface area (TPSA) is 342 Å². The summed E-state index contributed by atoms with van der Waals surface area (Å²) in [5.74, 6) is -1.91. The van der Waals surface area contributed by atoms with E-state index in [1.54, 1.807) is 0 Å². The standard InChI is InChI=1S/C38H66N7O17P3.3K/c1-4-5-6-7-8-9-10-11-12-13-14-17-38(55-21-22-56-38)18-15-19-40-28(46)16-20-41-35(48)32(47)37(2,3)24-58-64(51,52)62-63(49,50)57-23-27-30-31(61-65(53,54)60-30)36(59-27)45-26-44-29-33(39)42-25-43-34(29)45;;;/h25-27,30-32,36,47H,4-24H2,1-3H3,(H,40,46)(H,41,48)(H,49,50)(H,51,52)(H,53,54)(H2,39,42,43);;;/q;3*+1/p-3/t27-,30-,31-,32+,36-;;;/m1.../s1. The van der Waals surface area contributed by atoms with Crippen LogP contribution in [0.25, 0.3) is 11.2 Å². The number of phosphoric ester groups is 3. The summed E-state index contributed by atoms with van der Waals surface area (Å²) in [6, 6.07) is 0. The molecule has 0 aliphatic carbocycles. The second-order valence-corrected chi connectivity index (χ2v) is 21.3. The van der Waals surface area contributed by atoms with Crippen LogP contribution in [0.1, 0.15) is 123 Å². The van der Waals surface area contributed by atoms with Crippen molar-refractivity contribution in [1.82, 2.24) is 30.2 Å². The number of carbonyl (C=O) groups is 2. The van der Waals surface area contributed by atoms with Crippen molar-refractivity contribution in [3.63, 3.8) is 0 Å². The van der Waals surface area contributed by atoms with Gasteiger partial charge in [0.05, 0.1) is 32.8 Å². The molecule has 370 valence electrons. The average Bonchev–Trinajstić information content (AvgIpc) is 4.03. The molecule has 8 atom stereocenters. The number of anilines is 1. The third-order valence-electron chi connectivity index (χ3n) is 11.3. The van der Waals surface area contributed by atoms with Crippen LogP contribution in [0, 0.1) is 5.41 Å². The Kier molecular flexibility index (Phi) is 30.9. The molecule has 0 spiro atoms. The van der Waals surface area contributed by atoms with E-state index in [9.17, 15) is 43.1 Å². The summed E-state index contributed by atoms with van der Waals surface area (Å²) < 4.78 is 80.1. The van der Waals surface area contributed by atoms with E-state index in [0.29, 0.717) is 32.6 Å². The number of nitrogens with zero attached hydrogens (tertiary/aromatic N) is 4. The second-order valence-electron chi connectivity index (χ2n) is 17.1. The fraction of sp³-hybridized carbons (Fsp3) is 0.816. The molecule has 30 heteroatoms. The van der Waals surface area contributed by atoms with Gasteiger partial charge in [0.2, 0.25) is 11.8 Å². The molecule has 5 heterocycles. The Morgan fingerprint density at radius 2 is 1.50 bits per heavy atom. The molecule has 2 amide bonds. The molecule has 0 aromatic carbocycles. The van der Waals surface area contributed by atoms with Gasteiger partial charge >= 0.3 is 154 Å². The Hall–Kier alpha value is 2.41. The van der Waals surface area contributed by atoms with Crippen molar-refractivity contribution in [3.8, 4) is 0 Å². The minimum absolute atomic E-state index is 0. The molecule has 0 radical (unpaired) electrons. The molecule has 3 aliphatic heterocycles. The number of amides is 2. The molecule has 5 rings (SSSR count). The number of nitrogen functional groups attached to an aromatic ring is 1. The number of imidazole rings is 1. The molecule has 3 fully saturated rings. The number of aromatic nitrogens is 4. The van der Waals surface area contributed by atoms with Crippen LogP contribution in [0.15, 0.2) is 12.7 Å². The van der Waals surface area contributed by atoms with Crippen LogP contribution in [0.2, 0.25) is 0 Å². The molecule has 3 aliphatic rings. The van der Waals surface area contributed by atoms with E-state index in [0.717, 1.165) is 25.6 Å². The van der Waals surface area contributed by atoms with Crippen LogP contribution in [0.4, 0.5) is 5.82 Å². The van der Waals surface area contributed by atoms with E-state index in [1.165, 1.54) is 82.5 Å². The van der Waals surface area contributed by atoms with Crippen molar-refractivity contribution >= 4 is 52.3 Å². The molecule has 5 N–H and O–H groups in total. The quantitative estimate of drug-likeness (QED) is 0.0321. The predicted octanol–water partition coefficient (Wildman–Crippen LogP) is -6.21. The van der Waals surface area contributed by atoms with Crippen LogP contribution in [-0.4, -0.2) is 106 Å². The van der Waals surface area contributed by atoms with E-state index >= 15 is 0 Å². The number of hydrogen-bond acceptors (Lipinski definition) is 21. The number of unbranched alkanes of at least 4 members (excludes halogenated alkanes) is 10. The summed E-state index contributed by atoms with van der Waals surface area (Å²) in [5, 5.41) is 15.9. The molecular weight excluding hydrogens is 1040 g/mol. The number of nitrogens with one attached hydrogen (secondary N) is 2. The van der Waals surface area contributed by atoms with Gasteiger partial charge in [-0.2, -0.15) is 0 Å². The van der Waals surface area contributed by atoms with Crippen molar-refractivity contribution in [2.75, 3.05) is 45.3 Å². The largest absolute Gasteiger partial charge is 1.00 e. The van der Waals surface area contributed by atoms with E-state index in [2.05, 4.69) is 36.8 Å². The Bertz CT molecular complexity index is 2020. The second kappa shape index (κ2) is 31.6. The molecule has 3 saturated heterocycles. The van der Waals surface area contributed by atoms with Crippen molar-refractivity contribution in [2.45, 2.75) is 154 Å². The van der Waals surface area contributed by atoms with Crippen LogP contribution in [0.3, 0.4) is 0 Å². The van der Waals surface area contributed by atoms with Crippen molar-refractivity contribution < 1.29 is 234 Å². The van der Waals surface area contributed by atoms with Gasteiger partial charge in [0.15, 0.2) is 23.5 Å². The zero-order valence-electron chi connectivity index (χ0n) is 40.1. The predicted molar refractivity (Wildman–Crippen MR) is 225 cm³/mol. The number of ether oxygens (including phenoxy) is 3. The SMILES string of the molecule is CCCCCCCCCCCCCC1(CCCNC(=O)CCNC(=O)[C@H](O)C(C)(C)COP(=O)([O-])OP(=O)([O-])OC[C@H]2O[C@@H](n3cnc4c(N)ncnc43)[C@@H]3OP(=O)([O-])O[C@@H]32)OCCO1.[K+].[K+].[K+]. The molecule has 24 nitrogen and oxygen atoms in total. The van der Waals surface area contributed by atoms with Crippen LogP contribution >= 0.6 is 23.5 Å². The van der Waals surface area contributed by atoms with Crippen molar-refractivity contribution in [2.24, 2.45) is 5.41 Å². The Morgan fingerprint density at radius 1 is 0.912 bits per heavy atom. The first kappa shape index (κ1) is 66.5. The van der Waals surface area contributed by atoms with Crippen LogP contribution < -0.4 is 185 Å². The van der Waals surface area contributed by atoms with E-state index in [4.69, 9.17) is 38.0 Å². The zero-order chi connectivity index (χ0) is 47.3. The summed E-state index contributed by atoms with van der Waals surface area (Å²) in [6.07, 6.45) is 10.5. The van der Waals surface area contributed by atoms with E-state index in [-0.39, 0.29) is 190 Å². The monoisotopic (exact) mass is 1100 g/mol. The van der Waals surface area contributed by atoms with Crippen molar-refractivity contribution in [1.29, 1.82) is 0 Å². The van der Waals surface area contributed by atoms with Gasteiger partial charge in [0.1, 0.15) is 36.3 Å². The summed E-state index contributed by atoms with van der Waals surface area (Å²) in [4.78, 5) is 74.6. The van der Waals surface area contributed by atoms with Crippen molar-refractivity contribution in [3.05, 3.63) is 12.7 Å². The minimum Gasteiger partial charge on any atom is -0.756 e. The smallest absolute Gasteiger partial charge is 0.756 e. The van der Waals surface area contributed by atoms with Gasteiger partial charge in [-0.3, -0.25) is 27.9 Å². The maximum absolute atomic E-state index is 12.7. The van der Waals surface area contributed by atoms with Gasteiger partial charge < -0.3 is 68.5 Å². The molecule has 0 bridgehead atoms. The van der Waals surface area contributed by atoms with E-state index in [1.807, 2.05) is 0 Å². The number of aliphatic hydroxyl groups excluding tert-OH is 1. The minimum atomic E-state index is -5.77. The number of phosphoric acid groups is 3. The van der Waals surface area contributed by atoms with Gasteiger partial charge in [-0.25, -0.2) is 19.3 Å². The fourth-order valence-corrected chi connectivity index (χ4v) is 11.0. The number of fused-ring (bicyclic) bond motifs is 2. The Morgan fingerprint density at radius 3 is 2.15 bits per heavy atom. The molecule has 2 aromatic rings. The molecule has 0 saturated carbocycles. The molecule has 3 unspecified atom stereocenters. The van der Waals surface area contributed by atoms with Gasteiger partial charge in [-0.05, 0) is 12.8 Å². The number of rotatable bonds is 30. The zero-order valence-corrected chi connectivity index (χ0v) is 52.1. The Labute approximate surface area is 524 Å². The fourth-order valence-electron chi connectivity index (χ4n) is 7.74. The maximum atomic E-state index is 12.7. The summed E-state index contributed by atoms with van der Waals surface area (Å²) in [6.45, 7) is 4.13. The average molecular weight is 1100 g/mol. The number of hydrogen-bond donors (Lipinski definition) is 4. The first-order valence-electron chi connectivity index (χ1n) is 22.2. The third-order valence-corrected chi connectivity index (χ3v) is 14.8. The van der Waals surface area contributed by atoms with Gasteiger partial charge in [-0.1, -0.05) is 85.0 Å². The summed E-state index contributed by atoms with van der Waals surface area (Å²) in [7, 11) is -16.4. The summed E-state index contributed by atoms with van der Waals surface area (Å²) in [5.41, 5.74) is 4.48. The van der Waals surface area contributed by atoms with Crippen LogP contribution in [-0.2, 0) is 59.9 Å². The molecule has 2 aromatic heterocycles. The first-order valence-corrected chi connectivity index (χ1v) is 26.5. The molecule has 68 heavy (non-hydrogen) atoms. The number of carbonyl (C=O) groups excluding carboxylic acids is 2. The van der Waals surface area contributed by atoms with Gasteiger partial charge in [-0.15, -0.1) is 0 Å². The van der Waals surface area contributed by atoms with Gasteiger partial charge in [0.25, 0.3) is 23.5 Å². The molecular formula is C38H63K3N7O17P3. The number of aliphatic hydroxyl groups is 1. The van der Waals surface area contributed by atoms with E-state index < -0.39 is 84.4 Å². The third kappa shape index (κ3) is 21.1. The number of nitrogens with two attached hydrogens (primary N) is 1. The van der Waals surface area contributed by atoms with Crippen LogP contribution in [0.5, 0.6) is 0 Å². The van der Waals surface area contributed by atoms with Gasteiger partial charge in [0, 0.05) is 37.8 Å². The maximum Gasteiger partial charge on any atom is 1.00 e.